The van der Waals surface area contributed by atoms with Crippen LogP contribution >= 0.6 is 0 Å². The molecule has 6 aromatic carbocycles. The van der Waals surface area contributed by atoms with Crippen LogP contribution in [0.5, 0.6) is 0 Å². The van der Waals surface area contributed by atoms with Gasteiger partial charge in [0.1, 0.15) is 23.3 Å². The van der Waals surface area contributed by atoms with Gasteiger partial charge >= 0.3 is 0 Å². The molecule has 0 radical (unpaired) electrons. The van der Waals surface area contributed by atoms with Crippen LogP contribution in [-0.2, 0) is 28.2 Å². The van der Waals surface area contributed by atoms with Gasteiger partial charge in [-0.2, -0.15) is 0 Å². The maximum absolute atomic E-state index is 2.48. The third-order valence-corrected chi connectivity index (χ3v) is 15.2. The van der Waals surface area contributed by atoms with Gasteiger partial charge in [-0.05, 0) is 158 Å². The average molecular weight is 917 g/mol. The number of hydrogen-bond donors (Lipinski definition) is 0. The number of hydrogen-bond acceptors (Lipinski definition) is 2. The molecule has 0 fully saturated rings. The Morgan fingerprint density at radius 2 is 0.429 bits per heavy atom. The van der Waals surface area contributed by atoms with E-state index in [0.29, 0.717) is 0 Å². The van der Waals surface area contributed by atoms with Crippen LogP contribution in [0.15, 0.2) is 170 Å². The zero-order valence-corrected chi connectivity index (χ0v) is 42.8. The van der Waals surface area contributed by atoms with Crippen LogP contribution in [0.1, 0.15) is 44.5 Å². The highest BCUT2D eigenvalue weighted by Gasteiger charge is 2.31. The molecular formula is C64H64N6. The fourth-order valence-electron chi connectivity index (χ4n) is 11.4. The Morgan fingerprint density at radius 1 is 0.229 bits per heavy atom. The molecule has 4 heterocycles. The summed E-state index contributed by atoms with van der Waals surface area (Å²) >= 11 is 0. The monoisotopic (exact) mass is 917 g/mol. The molecule has 0 aliphatic carbocycles. The summed E-state index contributed by atoms with van der Waals surface area (Å²) in [5, 5.41) is 0. The zero-order valence-electron chi connectivity index (χ0n) is 42.8. The first-order chi connectivity index (χ1) is 33.8. The summed E-state index contributed by atoms with van der Waals surface area (Å²) in [5.74, 6) is 4.61. The van der Waals surface area contributed by atoms with Gasteiger partial charge in [0.15, 0.2) is 0 Å². The highest BCUT2D eigenvalue weighted by molar-refractivity contribution is 5.88. The average Bonchev–Trinajstić information content (AvgIpc) is 3.93. The van der Waals surface area contributed by atoms with E-state index in [-0.39, 0.29) is 0 Å². The molecule has 0 aliphatic rings. The summed E-state index contributed by atoms with van der Waals surface area (Å²) in [6.45, 7) is 18.1. The lowest BCUT2D eigenvalue weighted by Crippen LogP contribution is -2.18. The molecule has 0 aliphatic heterocycles. The molecule has 70 heavy (non-hydrogen) atoms. The Balaban J connectivity index is 1.10. The van der Waals surface area contributed by atoms with Crippen LogP contribution < -0.4 is 9.80 Å². The van der Waals surface area contributed by atoms with Crippen molar-refractivity contribution in [3.8, 4) is 56.2 Å². The van der Waals surface area contributed by atoms with Crippen molar-refractivity contribution in [1.29, 1.82) is 0 Å². The van der Waals surface area contributed by atoms with E-state index in [1.54, 1.807) is 0 Å². The zero-order chi connectivity index (χ0) is 49.1. The molecule has 6 nitrogen and oxygen atoms in total. The first-order valence-corrected chi connectivity index (χ1v) is 24.5. The summed E-state index contributed by atoms with van der Waals surface area (Å²) in [4.78, 5) is 4.96. The number of benzene rings is 6. The van der Waals surface area contributed by atoms with Crippen molar-refractivity contribution < 1.29 is 0 Å². The molecule has 0 atom stereocenters. The Labute approximate surface area is 415 Å². The van der Waals surface area contributed by atoms with Gasteiger partial charge < -0.3 is 18.3 Å². The molecule has 0 amide bonds. The minimum Gasteiger partial charge on any atom is -0.330 e. The second kappa shape index (κ2) is 18.2. The lowest BCUT2D eigenvalue weighted by Gasteiger charge is -2.29. The van der Waals surface area contributed by atoms with E-state index in [0.717, 1.165) is 45.8 Å². The number of rotatable bonds is 11. The van der Waals surface area contributed by atoms with Gasteiger partial charge in [0.25, 0.3) is 0 Å². The van der Waals surface area contributed by atoms with Crippen LogP contribution in [0.25, 0.3) is 56.2 Å². The lowest BCUT2D eigenvalue weighted by molar-refractivity contribution is 0.872. The lowest BCUT2D eigenvalue weighted by atomic mass is 10.0. The highest BCUT2D eigenvalue weighted by Crippen LogP contribution is 2.49. The predicted molar refractivity (Wildman–Crippen MR) is 297 cm³/mol. The first kappa shape index (κ1) is 45.8. The topological polar surface area (TPSA) is 26.2 Å². The number of aromatic nitrogens is 4. The molecule has 0 bridgehead atoms. The third kappa shape index (κ3) is 7.41. The van der Waals surface area contributed by atoms with Crippen LogP contribution in [0.2, 0.25) is 0 Å². The van der Waals surface area contributed by atoms with Crippen LogP contribution in [0.3, 0.4) is 0 Å². The van der Waals surface area contributed by atoms with Crippen molar-refractivity contribution in [3.63, 3.8) is 0 Å². The van der Waals surface area contributed by atoms with E-state index < -0.39 is 0 Å². The van der Waals surface area contributed by atoms with E-state index in [9.17, 15) is 0 Å². The smallest absolute Gasteiger partial charge is 0.122 e. The van der Waals surface area contributed by atoms with Crippen molar-refractivity contribution in [2.75, 3.05) is 9.80 Å². The van der Waals surface area contributed by atoms with E-state index >= 15 is 0 Å². The SMILES string of the molecule is Cc1c(C)c(N(c2ccc(-c3ccc(N(c4c(C)c(C)c(-c5ccccc5)n4C)c4c(C)c(C)c(-c5ccccc5)n4C)cc3)cc2)c2c(C)c(C)c(-c3ccccc3)n2C)n(C)c1-c1ccccc1. The fraction of sp³-hybridized carbons (Fsp3) is 0.188. The molecular weight excluding hydrogens is 853 g/mol. The van der Waals surface area contributed by atoms with E-state index in [4.69, 9.17) is 0 Å². The molecule has 350 valence electrons. The van der Waals surface area contributed by atoms with Crippen LogP contribution in [-0.4, -0.2) is 18.3 Å². The van der Waals surface area contributed by atoms with Gasteiger partial charge in [0.05, 0.1) is 22.8 Å². The van der Waals surface area contributed by atoms with E-state index in [1.807, 2.05) is 0 Å². The second-order valence-corrected chi connectivity index (χ2v) is 19.2. The molecule has 6 heteroatoms. The number of anilines is 6. The predicted octanol–water partition coefficient (Wildman–Crippen LogP) is 16.8. The van der Waals surface area contributed by atoms with Crippen LogP contribution in [0.4, 0.5) is 34.6 Å². The highest BCUT2D eigenvalue weighted by atomic mass is 15.3. The molecule has 0 spiro atoms. The largest absolute Gasteiger partial charge is 0.330 e. The fourth-order valence-corrected chi connectivity index (χ4v) is 11.4. The molecule has 0 unspecified atom stereocenters. The van der Waals surface area contributed by atoms with E-state index in [1.165, 1.54) is 89.5 Å². The molecule has 0 N–H and O–H groups in total. The normalized spacial score (nSPS) is 11.4. The van der Waals surface area contributed by atoms with Crippen molar-refractivity contribution >= 4 is 34.6 Å². The standard InChI is InChI=1S/C64H64N6/c1-41-45(5)61(65(9)57(41)51-25-17-13-18-26-51)69(62-46(6)42(2)58(66(62)10)52-27-19-14-20-28-52)55-37-33-49(34-38-55)50-35-39-56(40-36-50)70(63-47(7)43(3)59(67(63)11)53-29-21-15-22-30-53)64-48(8)44(4)60(68(64)12)54-31-23-16-24-32-54/h13-40H,1-12H3. The van der Waals surface area contributed by atoms with Gasteiger partial charge in [0, 0.05) is 39.6 Å². The van der Waals surface area contributed by atoms with Crippen molar-refractivity contribution in [1.82, 2.24) is 18.3 Å². The van der Waals surface area contributed by atoms with Crippen molar-refractivity contribution in [2.45, 2.75) is 55.4 Å². The minimum absolute atomic E-state index is 1.10. The third-order valence-electron chi connectivity index (χ3n) is 15.2. The summed E-state index contributed by atoms with van der Waals surface area (Å²) in [6.07, 6.45) is 0. The van der Waals surface area contributed by atoms with Gasteiger partial charge in [-0.1, -0.05) is 146 Å². The first-order valence-electron chi connectivity index (χ1n) is 24.5. The summed E-state index contributed by atoms with van der Waals surface area (Å²) in [7, 11) is 8.87. The summed E-state index contributed by atoms with van der Waals surface area (Å²) in [5.41, 5.74) is 24.4. The van der Waals surface area contributed by atoms with Gasteiger partial charge in [-0.25, -0.2) is 0 Å². The van der Waals surface area contributed by atoms with Crippen LogP contribution in [0, 0.1) is 55.4 Å². The molecule has 0 saturated carbocycles. The molecule has 10 rings (SSSR count). The maximum atomic E-state index is 2.48. The quantitative estimate of drug-likeness (QED) is 0.129. The summed E-state index contributed by atoms with van der Waals surface area (Å²) < 4.78 is 9.55. The Kier molecular flexibility index (Phi) is 11.9. The Bertz CT molecular complexity index is 3080. The van der Waals surface area contributed by atoms with Gasteiger partial charge in [0.2, 0.25) is 0 Å². The molecule has 4 aromatic heterocycles. The van der Waals surface area contributed by atoms with E-state index in [2.05, 4.69) is 282 Å². The number of nitrogens with zero attached hydrogens (tertiary/aromatic N) is 6. The van der Waals surface area contributed by atoms with Crippen molar-refractivity contribution in [2.24, 2.45) is 28.2 Å². The Morgan fingerprint density at radius 3 is 0.629 bits per heavy atom. The van der Waals surface area contributed by atoms with Crippen molar-refractivity contribution in [3.05, 3.63) is 214 Å². The van der Waals surface area contributed by atoms with Gasteiger partial charge in [-0.15, -0.1) is 0 Å². The molecule has 0 saturated heterocycles. The second-order valence-electron chi connectivity index (χ2n) is 19.2. The maximum Gasteiger partial charge on any atom is 0.122 e. The molecule has 10 aromatic rings. The van der Waals surface area contributed by atoms with Gasteiger partial charge in [-0.3, -0.25) is 9.80 Å². The Hall–Kier alpha value is -7.96. The minimum atomic E-state index is 1.10. The summed E-state index contributed by atoms with van der Waals surface area (Å²) in [6, 6.07) is 61.5.